The number of aryl methyl sites for hydroxylation is 2. The van der Waals surface area contributed by atoms with Crippen molar-refractivity contribution in [1.82, 2.24) is 19.9 Å². The molecule has 7 heteroatoms. The van der Waals surface area contributed by atoms with Gasteiger partial charge in [0.15, 0.2) is 5.82 Å². The highest BCUT2D eigenvalue weighted by Gasteiger charge is 2.22. The van der Waals surface area contributed by atoms with Crippen LogP contribution in [0.5, 0.6) is 5.75 Å². The summed E-state index contributed by atoms with van der Waals surface area (Å²) in [6.07, 6.45) is 3.61. The van der Waals surface area contributed by atoms with Gasteiger partial charge >= 0.3 is 0 Å². The van der Waals surface area contributed by atoms with Crippen LogP contribution in [0.4, 0.5) is 17.2 Å². The molecule has 0 aliphatic carbocycles. The van der Waals surface area contributed by atoms with Crippen LogP contribution in [-0.4, -0.2) is 25.0 Å². The van der Waals surface area contributed by atoms with Gasteiger partial charge in [-0.1, -0.05) is 48.5 Å². The maximum Gasteiger partial charge on any atom is 0.231 e. The van der Waals surface area contributed by atoms with Crippen molar-refractivity contribution < 1.29 is 9.52 Å². The van der Waals surface area contributed by atoms with Gasteiger partial charge in [0.1, 0.15) is 17.2 Å². The Morgan fingerprint density at radius 1 is 0.756 bits per heavy atom. The first kappa shape index (κ1) is 24.5. The predicted molar refractivity (Wildman–Crippen MR) is 162 cm³/mol. The maximum atomic E-state index is 10.6. The summed E-state index contributed by atoms with van der Waals surface area (Å²) in [5.41, 5.74) is 7.15. The van der Waals surface area contributed by atoms with Gasteiger partial charge in [-0.15, -0.1) is 0 Å². The number of phenols is 1. The summed E-state index contributed by atoms with van der Waals surface area (Å²) in [5.74, 6) is 1.27. The minimum atomic E-state index is 0.103. The summed E-state index contributed by atoms with van der Waals surface area (Å²) < 4.78 is 6.20. The summed E-state index contributed by atoms with van der Waals surface area (Å²) in [5, 5.41) is 12.4. The molecule has 0 unspecified atom stereocenters. The second kappa shape index (κ2) is 9.88. The lowest BCUT2D eigenvalue weighted by Gasteiger charge is -2.27. The summed E-state index contributed by atoms with van der Waals surface area (Å²) in [4.78, 5) is 21.2. The first-order valence-corrected chi connectivity index (χ1v) is 13.3. The third-order valence-electron chi connectivity index (χ3n) is 7.17. The van der Waals surface area contributed by atoms with E-state index in [-0.39, 0.29) is 5.75 Å². The second-order valence-electron chi connectivity index (χ2n) is 9.83. The number of aromatic hydroxyl groups is 1. The number of benzene rings is 3. The molecule has 0 aliphatic rings. The van der Waals surface area contributed by atoms with Crippen LogP contribution < -0.4 is 4.90 Å². The van der Waals surface area contributed by atoms with Gasteiger partial charge in [-0.2, -0.15) is 4.98 Å². The van der Waals surface area contributed by atoms with Gasteiger partial charge in [-0.05, 0) is 67.9 Å². The van der Waals surface area contributed by atoms with Crippen LogP contribution in [0.2, 0.25) is 0 Å². The lowest BCUT2D eigenvalue weighted by molar-refractivity contribution is 0.477. The fourth-order valence-electron chi connectivity index (χ4n) is 5.29. The standard InChI is InChI=1S/C34H25N5O2/c1-21-17-19-35-22(2)32(21)39(29-16-7-8-18-36-29)24-11-9-10-23(20-24)31-30-26-13-4-6-15-28(26)41-34(30)38-33(37-31)25-12-3-5-14-27(25)40/h3-20,40H,1-2H3. The molecule has 0 radical (unpaired) electrons. The zero-order chi connectivity index (χ0) is 27.9. The molecule has 0 saturated carbocycles. The molecule has 0 amide bonds. The van der Waals surface area contributed by atoms with E-state index in [2.05, 4.69) is 28.9 Å². The Balaban J connectivity index is 1.50. The van der Waals surface area contributed by atoms with E-state index in [1.165, 1.54) is 0 Å². The monoisotopic (exact) mass is 535 g/mol. The number of para-hydroxylation sites is 2. The van der Waals surface area contributed by atoms with Crippen LogP contribution in [0, 0.1) is 13.8 Å². The third-order valence-corrected chi connectivity index (χ3v) is 7.17. The number of fused-ring (bicyclic) bond motifs is 3. The zero-order valence-electron chi connectivity index (χ0n) is 22.5. The normalized spacial score (nSPS) is 11.3. The van der Waals surface area contributed by atoms with Gasteiger partial charge in [0.25, 0.3) is 0 Å². The van der Waals surface area contributed by atoms with Crippen molar-refractivity contribution in [2.24, 2.45) is 0 Å². The topological polar surface area (TPSA) is 88.2 Å². The Bertz CT molecular complexity index is 2030. The minimum absolute atomic E-state index is 0.103. The molecule has 3 aromatic carbocycles. The lowest BCUT2D eigenvalue weighted by Crippen LogP contribution is -2.14. The number of furan rings is 1. The van der Waals surface area contributed by atoms with Crippen molar-refractivity contribution >= 4 is 39.3 Å². The number of hydrogen-bond acceptors (Lipinski definition) is 7. The molecule has 7 rings (SSSR count). The van der Waals surface area contributed by atoms with Crippen molar-refractivity contribution in [2.75, 3.05) is 4.90 Å². The van der Waals surface area contributed by atoms with Crippen LogP contribution >= 0.6 is 0 Å². The van der Waals surface area contributed by atoms with Gasteiger partial charge in [0.2, 0.25) is 5.71 Å². The van der Waals surface area contributed by atoms with E-state index in [1.54, 1.807) is 24.4 Å². The largest absolute Gasteiger partial charge is 0.507 e. The number of aromatic nitrogens is 4. The average molecular weight is 536 g/mol. The molecular formula is C34H25N5O2. The number of pyridine rings is 2. The smallest absolute Gasteiger partial charge is 0.231 e. The molecular weight excluding hydrogens is 510 g/mol. The van der Waals surface area contributed by atoms with E-state index < -0.39 is 0 Å². The maximum absolute atomic E-state index is 10.6. The minimum Gasteiger partial charge on any atom is -0.507 e. The van der Waals surface area contributed by atoms with E-state index in [0.29, 0.717) is 22.8 Å². The van der Waals surface area contributed by atoms with Crippen molar-refractivity contribution in [1.29, 1.82) is 0 Å². The highest BCUT2D eigenvalue weighted by Crippen LogP contribution is 2.41. The van der Waals surface area contributed by atoms with E-state index >= 15 is 0 Å². The average Bonchev–Trinajstić information content (AvgIpc) is 3.38. The molecule has 7 aromatic rings. The van der Waals surface area contributed by atoms with Gasteiger partial charge < -0.3 is 9.52 Å². The Hall–Kier alpha value is -5.56. The molecule has 1 N–H and O–H groups in total. The molecule has 198 valence electrons. The molecule has 0 saturated heterocycles. The van der Waals surface area contributed by atoms with Crippen LogP contribution in [0.1, 0.15) is 11.3 Å². The van der Waals surface area contributed by atoms with Gasteiger partial charge in [0, 0.05) is 29.0 Å². The Morgan fingerprint density at radius 2 is 1.59 bits per heavy atom. The summed E-state index contributed by atoms with van der Waals surface area (Å²) >= 11 is 0. The fourth-order valence-corrected chi connectivity index (χ4v) is 5.29. The van der Waals surface area contributed by atoms with E-state index in [4.69, 9.17) is 19.4 Å². The first-order chi connectivity index (χ1) is 20.1. The molecule has 0 fully saturated rings. The molecule has 0 atom stereocenters. The summed E-state index contributed by atoms with van der Waals surface area (Å²) in [6, 6.07) is 31.0. The lowest BCUT2D eigenvalue weighted by atomic mass is 10.0. The molecule has 0 bridgehead atoms. The van der Waals surface area contributed by atoms with E-state index in [0.717, 1.165) is 50.4 Å². The van der Waals surface area contributed by atoms with Crippen molar-refractivity contribution in [3.05, 3.63) is 121 Å². The molecule has 4 aromatic heterocycles. The molecule has 0 aliphatic heterocycles. The molecule has 41 heavy (non-hydrogen) atoms. The number of anilines is 3. The Kier molecular flexibility index (Phi) is 5.90. The van der Waals surface area contributed by atoms with Crippen LogP contribution in [0.3, 0.4) is 0 Å². The van der Waals surface area contributed by atoms with E-state index in [9.17, 15) is 5.11 Å². The summed E-state index contributed by atoms with van der Waals surface area (Å²) in [7, 11) is 0. The van der Waals surface area contributed by atoms with Crippen LogP contribution in [0.15, 0.2) is 114 Å². The molecule has 7 nitrogen and oxygen atoms in total. The second-order valence-corrected chi connectivity index (χ2v) is 9.83. The quantitative estimate of drug-likeness (QED) is 0.237. The van der Waals surface area contributed by atoms with Crippen molar-refractivity contribution in [2.45, 2.75) is 13.8 Å². The predicted octanol–water partition coefficient (Wildman–Crippen LogP) is 8.29. The number of nitrogens with zero attached hydrogens (tertiary/aromatic N) is 5. The van der Waals surface area contributed by atoms with Crippen molar-refractivity contribution in [3.63, 3.8) is 0 Å². The van der Waals surface area contributed by atoms with Crippen molar-refractivity contribution in [3.8, 4) is 28.4 Å². The van der Waals surface area contributed by atoms with Crippen LogP contribution in [0.25, 0.3) is 44.7 Å². The molecule has 4 heterocycles. The Morgan fingerprint density at radius 3 is 2.41 bits per heavy atom. The highest BCUT2D eigenvalue weighted by atomic mass is 16.3. The fraction of sp³-hybridized carbons (Fsp3) is 0.0588. The van der Waals surface area contributed by atoms with Gasteiger partial charge in [0.05, 0.1) is 28.0 Å². The number of hydrogen-bond donors (Lipinski definition) is 1. The number of rotatable bonds is 5. The van der Waals surface area contributed by atoms with Gasteiger partial charge in [-0.25, -0.2) is 9.97 Å². The first-order valence-electron chi connectivity index (χ1n) is 13.3. The van der Waals surface area contributed by atoms with Crippen LogP contribution in [-0.2, 0) is 0 Å². The molecule has 0 spiro atoms. The highest BCUT2D eigenvalue weighted by molar-refractivity contribution is 6.10. The SMILES string of the molecule is Cc1ccnc(C)c1N(c1cccc(-c2nc(-c3ccccc3O)nc3oc4ccccc4c23)c1)c1ccccn1. The van der Waals surface area contributed by atoms with E-state index in [1.807, 2.05) is 79.9 Å². The third kappa shape index (κ3) is 4.24. The number of phenolic OH excluding ortho intramolecular Hbond substituents is 1. The zero-order valence-corrected chi connectivity index (χ0v) is 22.5. The Labute approximate surface area is 236 Å². The summed E-state index contributed by atoms with van der Waals surface area (Å²) in [6.45, 7) is 4.08. The van der Waals surface area contributed by atoms with Gasteiger partial charge in [-0.3, -0.25) is 9.88 Å².